The lowest BCUT2D eigenvalue weighted by Crippen LogP contribution is -2.21. The standard InChI is InChI=1S/C19H11ClF3N5O2/c20-10-6-11(8-24-7-10)27-18(30)14-9-26-28(16(14)19(21,22)23)15-3-1-2-13-12(15)4-5-25-17(13)29/h1-9H,(H,25,29)(H,27,30). The van der Waals surface area contributed by atoms with Gasteiger partial charge in [0.25, 0.3) is 11.5 Å². The van der Waals surface area contributed by atoms with Gasteiger partial charge in [-0.1, -0.05) is 17.7 Å². The van der Waals surface area contributed by atoms with Crippen LogP contribution < -0.4 is 10.9 Å². The second-order valence-electron chi connectivity index (χ2n) is 6.21. The Bertz CT molecular complexity index is 1330. The molecule has 7 nitrogen and oxygen atoms in total. The smallest absolute Gasteiger partial charge is 0.329 e. The molecular weight excluding hydrogens is 423 g/mol. The summed E-state index contributed by atoms with van der Waals surface area (Å²) in [5.41, 5.74) is -2.28. The lowest BCUT2D eigenvalue weighted by atomic mass is 10.1. The maximum absolute atomic E-state index is 13.9. The second kappa shape index (κ2) is 7.30. The summed E-state index contributed by atoms with van der Waals surface area (Å²) in [6.45, 7) is 0. The highest BCUT2D eigenvalue weighted by Gasteiger charge is 2.41. The van der Waals surface area contributed by atoms with Crippen LogP contribution in [0.15, 0.2) is 59.9 Å². The van der Waals surface area contributed by atoms with Crippen LogP contribution in [0.1, 0.15) is 16.1 Å². The van der Waals surface area contributed by atoms with Crippen LogP contribution in [0.2, 0.25) is 5.02 Å². The summed E-state index contributed by atoms with van der Waals surface area (Å²) in [7, 11) is 0. The van der Waals surface area contributed by atoms with Gasteiger partial charge in [-0.25, -0.2) is 4.68 Å². The number of H-pyrrole nitrogens is 1. The molecule has 0 saturated heterocycles. The molecule has 0 radical (unpaired) electrons. The van der Waals surface area contributed by atoms with Gasteiger partial charge in [0.2, 0.25) is 0 Å². The molecule has 0 aliphatic heterocycles. The number of aromatic nitrogens is 4. The Morgan fingerprint density at radius 2 is 1.93 bits per heavy atom. The third-order valence-electron chi connectivity index (χ3n) is 4.27. The first kappa shape index (κ1) is 19.6. The first-order valence-corrected chi connectivity index (χ1v) is 8.81. The van der Waals surface area contributed by atoms with E-state index in [-0.39, 0.29) is 27.2 Å². The van der Waals surface area contributed by atoms with E-state index < -0.39 is 28.9 Å². The Morgan fingerprint density at radius 1 is 1.13 bits per heavy atom. The zero-order chi connectivity index (χ0) is 21.5. The fourth-order valence-electron chi connectivity index (χ4n) is 3.04. The average Bonchev–Trinajstić information content (AvgIpc) is 3.14. The summed E-state index contributed by atoms with van der Waals surface area (Å²) >= 11 is 5.79. The topological polar surface area (TPSA) is 92.7 Å². The van der Waals surface area contributed by atoms with Gasteiger partial charge in [-0.3, -0.25) is 14.6 Å². The Labute approximate surface area is 171 Å². The number of anilines is 1. The lowest BCUT2D eigenvalue weighted by molar-refractivity contribution is -0.143. The fourth-order valence-corrected chi connectivity index (χ4v) is 3.21. The van der Waals surface area contributed by atoms with Crippen LogP contribution in [0.3, 0.4) is 0 Å². The summed E-state index contributed by atoms with van der Waals surface area (Å²) in [6, 6.07) is 7.11. The number of aromatic amines is 1. The molecule has 1 amide bonds. The van der Waals surface area contributed by atoms with E-state index in [2.05, 4.69) is 20.4 Å². The molecule has 2 N–H and O–H groups in total. The summed E-state index contributed by atoms with van der Waals surface area (Å²) in [5, 5.41) is 6.77. The van der Waals surface area contributed by atoms with E-state index in [0.29, 0.717) is 4.68 Å². The second-order valence-corrected chi connectivity index (χ2v) is 6.64. The molecule has 0 fully saturated rings. The van der Waals surface area contributed by atoms with Crippen molar-refractivity contribution < 1.29 is 18.0 Å². The van der Waals surface area contributed by atoms with E-state index in [9.17, 15) is 22.8 Å². The van der Waals surface area contributed by atoms with E-state index in [1.165, 1.54) is 48.9 Å². The van der Waals surface area contributed by atoms with Crippen molar-refractivity contribution in [3.63, 3.8) is 0 Å². The van der Waals surface area contributed by atoms with E-state index in [4.69, 9.17) is 11.6 Å². The molecule has 3 aromatic heterocycles. The lowest BCUT2D eigenvalue weighted by Gasteiger charge is -2.14. The van der Waals surface area contributed by atoms with E-state index in [1.54, 1.807) is 0 Å². The van der Waals surface area contributed by atoms with E-state index in [1.807, 2.05) is 0 Å². The predicted octanol–water partition coefficient (Wildman–Crippen LogP) is 4.03. The third kappa shape index (κ3) is 3.52. The number of hydrogen-bond acceptors (Lipinski definition) is 4. The number of fused-ring (bicyclic) bond motifs is 1. The Balaban J connectivity index is 1.86. The molecule has 0 aliphatic rings. The number of nitrogens with zero attached hydrogens (tertiary/aromatic N) is 3. The average molecular weight is 434 g/mol. The maximum atomic E-state index is 13.9. The zero-order valence-electron chi connectivity index (χ0n) is 14.9. The molecule has 0 bridgehead atoms. The van der Waals surface area contributed by atoms with Crippen molar-refractivity contribution in [2.45, 2.75) is 6.18 Å². The van der Waals surface area contributed by atoms with Crippen molar-refractivity contribution in [3.05, 3.63) is 81.8 Å². The van der Waals surface area contributed by atoms with Gasteiger partial charge in [-0.15, -0.1) is 0 Å². The minimum Gasteiger partial charge on any atom is -0.329 e. The molecule has 1 aromatic carbocycles. The van der Waals surface area contributed by atoms with Crippen molar-refractivity contribution in [1.82, 2.24) is 19.7 Å². The van der Waals surface area contributed by atoms with Gasteiger partial charge in [-0.2, -0.15) is 18.3 Å². The van der Waals surface area contributed by atoms with E-state index >= 15 is 0 Å². The number of carbonyl (C=O) groups excluding carboxylic acids is 1. The van der Waals surface area contributed by atoms with Crippen LogP contribution in [-0.2, 0) is 6.18 Å². The van der Waals surface area contributed by atoms with Crippen molar-refractivity contribution in [2.75, 3.05) is 5.32 Å². The summed E-state index contributed by atoms with van der Waals surface area (Å²) < 4.78 is 42.4. The fraction of sp³-hybridized carbons (Fsp3) is 0.0526. The van der Waals surface area contributed by atoms with Gasteiger partial charge >= 0.3 is 6.18 Å². The summed E-state index contributed by atoms with van der Waals surface area (Å²) in [5.74, 6) is -1.03. The largest absolute Gasteiger partial charge is 0.434 e. The molecule has 0 spiro atoms. The Morgan fingerprint density at radius 3 is 2.67 bits per heavy atom. The predicted molar refractivity (Wildman–Crippen MR) is 104 cm³/mol. The molecule has 4 rings (SSSR count). The van der Waals surface area contributed by atoms with Gasteiger partial charge in [-0.05, 0) is 24.3 Å². The Hall–Kier alpha value is -3.66. The van der Waals surface area contributed by atoms with Gasteiger partial charge in [0.1, 0.15) is 0 Å². The van der Waals surface area contributed by atoms with Crippen LogP contribution in [0.5, 0.6) is 0 Å². The van der Waals surface area contributed by atoms with Gasteiger partial charge in [0.15, 0.2) is 5.69 Å². The highest BCUT2D eigenvalue weighted by molar-refractivity contribution is 6.30. The number of rotatable bonds is 3. The molecule has 0 saturated carbocycles. The maximum Gasteiger partial charge on any atom is 0.434 e. The highest BCUT2D eigenvalue weighted by Crippen LogP contribution is 2.35. The first-order valence-electron chi connectivity index (χ1n) is 8.43. The normalized spacial score (nSPS) is 11.6. The van der Waals surface area contributed by atoms with Crippen molar-refractivity contribution in [3.8, 4) is 5.69 Å². The van der Waals surface area contributed by atoms with Gasteiger partial charge in [0.05, 0.1) is 34.4 Å². The van der Waals surface area contributed by atoms with Crippen molar-refractivity contribution >= 4 is 34.0 Å². The molecule has 0 atom stereocenters. The summed E-state index contributed by atoms with van der Waals surface area (Å²) in [6.07, 6.45) is -0.191. The SMILES string of the molecule is O=C(Nc1cncc(Cl)c1)c1cnn(-c2cccc3c(=O)[nH]ccc23)c1C(F)(F)F. The van der Waals surface area contributed by atoms with Gasteiger partial charge in [0, 0.05) is 23.2 Å². The molecule has 3 heterocycles. The number of hydrogen-bond donors (Lipinski definition) is 2. The molecule has 11 heteroatoms. The monoisotopic (exact) mass is 433 g/mol. The minimum absolute atomic E-state index is 0.00870. The molecule has 152 valence electrons. The number of benzene rings is 1. The van der Waals surface area contributed by atoms with Crippen molar-refractivity contribution in [2.24, 2.45) is 0 Å². The number of halogens is 4. The van der Waals surface area contributed by atoms with Crippen LogP contribution >= 0.6 is 11.6 Å². The Kier molecular flexibility index (Phi) is 4.78. The molecular formula is C19H11ClF3N5O2. The number of pyridine rings is 2. The number of nitrogens with one attached hydrogen (secondary N) is 2. The van der Waals surface area contributed by atoms with Crippen LogP contribution in [-0.4, -0.2) is 25.7 Å². The van der Waals surface area contributed by atoms with Crippen molar-refractivity contribution in [1.29, 1.82) is 0 Å². The number of amides is 1. The molecule has 4 aromatic rings. The quantitative estimate of drug-likeness (QED) is 0.510. The van der Waals surface area contributed by atoms with Crippen LogP contribution in [0, 0.1) is 0 Å². The molecule has 30 heavy (non-hydrogen) atoms. The van der Waals surface area contributed by atoms with Crippen LogP contribution in [0.4, 0.5) is 18.9 Å². The van der Waals surface area contributed by atoms with Crippen LogP contribution in [0.25, 0.3) is 16.5 Å². The summed E-state index contributed by atoms with van der Waals surface area (Å²) in [4.78, 5) is 30.8. The van der Waals surface area contributed by atoms with Gasteiger partial charge < -0.3 is 10.3 Å². The molecule has 0 unspecified atom stereocenters. The zero-order valence-corrected chi connectivity index (χ0v) is 15.6. The minimum atomic E-state index is -4.90. The first-order chi connectivity index (χ1) is 14.3. The van der Waals surface area contributed by atoms with E-state index in [0.717, 1.165) is 6.20 Å². The third-order valence-corrected chi connectivity index (χ3v) is 4.47. The molecule has 0 aliphatic carbocycles. The number of alkyl halides is 3. The highest BCUT2D eigenvalue weighted by atomic mass is 35.5. The number of carbonyl (C=O) groups is 1.